The first-order valence-corrected chi connectivity index (χ1v) is 13.5. The Balaban J connectivity index is 1.33. The third-order valence-electron chi connectivity index (χ3n) is 4.82. The van der Waals surface area contributed by atoms with Gasteiger partial charge in [-0.15, -0.1) is 23.1 Å². The number of hydrogen-bond acceptors (Lipinski definition) is 8. The molecule has 0 bridgehead atoms. The smallest absolute Gasteiger partial charge is 0.338 e. The number of esters is 1. The number of carbonyl (C=O) groups is 3. The van der Waals surface area contributed by atoms with E-state index in [2.05, 4.69) is 15.3 Å². The van der Waals surface area contributed by atoms with Crippen molar-refractivity contribution in [3.63, 3.8) is 0 Å². The normalized spacial score (nSPS) is 11.5. The van der Waals surface area contributed by atoms with Gasteiger partial charge in [0, 0.05) is 18.0 Å². The summed E-state index contributed by atoms with van der Waals surface area (Å²) in [6.07, 6.45) is 0. The number of aromatic nitrogens is 2. The first kappa shape index (κ1) is 24.8. The van der Waals surface area contributed by atoms with E-state index >= 15 is 0 Å². The van der Waals surface area contributed by atoms with Crippen LogP contribution in [0.1, 0.15) is 17.3 Å². The standard InChI is InChI=1S/C24H22N4O4S3/c1-3-32-22(31)16-9-10-18-19(11-16)35-24(28(18)2)27-21(30)14-33-13-20(29)26-23-25-17(12-34-23)15-7-5-4-6-8-15/h4-12H,3,13-14H2,1-2H3,(H,25,26,29). The summed E-state index contributed by atoms with van der Waals surface area (Å²) < 4.78 is 7.67. The number of carbonyl (C=O) groups excluding carboxylic acids is 3. The van der Waals surface area contributed by atoms with Crippen LogP contribution in [0.3, 0.4) is 0 Å². The third-order valence-corrected chi connectivity index (χ3v) is 7.59. The molecule has 4 rings (SSSR count). The molecule has 1 N–H and O–H groups in total. The van der Waals surface area contributed by atoms with Crippen LogP contribution < -0.4 is 10.1 Å². The molecule has 0 saturated heterocycles. The van der Waals surface area contributed by atoms with E-state index in [1.807, 2.05) is 48.8 Å². The number of amides is 2. The molecule has 8 nitrogen and oxygen atoms in total. The number of anilines is 1. The lowest BCUT2D eigenvalue weighted by Crippen LogP contribution is -2.17. The lowest BCUT2D eigenvalue weighted by molar-refractivity contribution is -0.115. The molecule has 0 saturated carbocycles. The van der Waals surface area contributed by atoms with Crippen LogP contribution >= 0.6 is 34.4 Å². The minimum Gasteiger partial charge on any atom is -0.462 e. The van der Waals surface area contributed by atoms with Crippen molar-refractivity contribution in [2.75, 3.05) is 23.4 Å². The molecule has 0 unspecified atom stereocenters. The van der Waals surface area contributed by atoms with E-state index in [4.69, 9.17) is 4.74 Å². The van der Waals surface area contributed by atoms with Gasteiger partial charge in [-0.05, 0) is 25.1 Å². The Labute approximate surface area is 213 Å². The second-order valence-corrected chi connectivity index (χ2v) is 10.1. The zero-order valence-electron chi connectivity index (χ0n) is 19.0. The Hall–Kier alpha value is -3.28. The predicted molar refractivity (Wildman–Crippen MR) is 141 cm³/mol. The molecule has 11 heteroatoms. The highest BCUT2D eigenvalue weighted by molar-refractivity contribution is 8.00. The summed E-state index contributed by atoms with van der Waals surface area (Å²) in [5.74, 6) is -0.762. The monoisotopic (exact) mass is 526 g/mol. The van der Waals surface area contributed by atoms with Gasteiger partial charge in [0.2, 0.25) is 5.91 Å². The lowest BCUT2D eigenvalue weighted by atomic mass is 10.2. The van der Waals surface area contributed by atoms with E-state index in [1.54, 1.807) is 23.6 Å². The molecule has 0 spiro atoms. The van der Waals surface area contributed by atoms with E-state index in [0.717, 1.165) is 21.5 Å². The molecular weight excluding hydrogens is 504 g/mol. The van der Waals surface area contributed by atoms with Crippen molar-refractivity contribution in [2.45, 2.75) is 6.92 Å². The molecule has 35 heavy (non-hydrogen) atoms. The molecule has 0 radical (unpaired) electrons. The second kappa shape index (κ2) is 11.4. The van der Waals surface area contributed by atoms with Crippen molar-refractivity contribution in [1.29, 1.82) is 0 Å². The summed E-state index contributed by atoms with van der Waals surface area (Å²) in [7, 11) is 1.81. The molecule has 0 aliphatic carbocycles. The Bertz CT molecular complexity index is 1440. The molecule has 180 valence electrons. The van der Waals surface area contributed by atoms with Gasteiger partial charge in [-0.25, -0.2) is 9.78 Å². The van der Waals surface area contributed by atoms with E-state index < -0.39 is 0 Å². The van der Waals surface area contributed by atoms with Crippen LogP contribution in [0.4, 0.5) is 5.13 Å². The Kier molecular flexibility index (Phi) is 8.11. The minimum absolute atomic E-state index is 0.0723. The maximum absolute atomic E-state index is 12.4. The topological polar surface area (TPSA) is 103 Å². The van der Waals surface area contributed by atoms with E-state index in [9.17, 15) is 14.4 Å². The van der Waals surface area contributed by atoms with Gasteiger partial charge >= 0.3 is 5.97 Å². The molecule has 0 aliphatic rings. The van der Waals surface area contributed by atoms with Crippen molar-refractivity contribution in [3.05, 3.63) is 64.3 Å². The first-order chi connectivity index (χ1) is 16.9. The van der Waals surface area contributed by atoms with Gasteiger partial charge in [0.1, 0.15) is 0 Å². The lowest BCUT2D eigenvalue weighted by Gasteiger charge is -2.01. The Morgan fingerprint density at radius 2 is 1.94 bits per heavy atom. The fourth-order valence-corrected chi connectivity index (χ4v) is 5.59. The summed E-state index contributed by atoms with van der Waals surface area (Å²) in [6.45, 7) is 2.06. The average Bonchev–Trinajstić information content (AvgIpc) is 3.44. The highest BCUT2D eigenvalue weighted by Crippen LogP contribution is 2.24. The number of thioether (sulfide) groups is 1. The number of hydrogen-bond donors (Lipinski definition) is 1. The number of nitrogens with zero attached hydrogens (tertiary/aromatic N) is 3. The van der Waals surface area contributed by atoms with Crippen molar-refractivity contribution >= 4 is 67.6 Å². The number of fused-ring (bicyclic) bond motifs is 1. The fourth-order valence-electron chi connectivity index (χ4n) is 3.18. The van der Waals surface area contributed by atoms with Gasteiger partial charge in [-0.1, -0.05) is 41.7 Å². The van der Waals surface area contributed by atoms with Crippen LogP contribution in [0.15, 0.2) is 58.9 Å². The largest absolute Gasteiger partial charge is 0.462 e. The Morgan fingerprint density at radius 1 is 1.14 bits per heavy atom. The average molecular weight is 527 g/mol. The Morgan fingerprint density at radius 3 is 2.71 bits per heavy atom. The van der Waals surface area contributed by atoms with Crippen LogP contribution in [0.2, 0.25) is 0 Å². The molecule has 2 aromatic carbocycles. The molecule has 2 amide bonds. The quantitative estimate of drug-likeness (QED) is 0.343. The number of aryl methyl sites for hydroxylation is 1. The van der Waals surface area contributed by atoms with Gasteiger partial charge in [-0.3, -0.25) is 9.59 Å². The number of benzene rings is 2. The number of nitrogens with one attached hydrogen (secondary N) is 1. The number of thiazole rings is 2. The van der Waals surface area contributed by atoms with Crippen molar-refractivity contribution < 1.29 is 19.1 Å². The van der Waals surface area contributed by atoms with Crippen LogP contribution in [0.5, 0.6) is 0 Å². The fraction of sp³-hybridized carbons (Fsp3) is 0.208. The van der Waals surface area contributed by atoms with Crippen molar-refractivity contribution in [3.8, 4) is 11.3 Å². The van der Waals surface area contributed by atoms with Gasteiger partial charge in [0.15, 0.2) is 9.93 Å². The van der Waals surface area contributed by atoms with Crippen LogP contribution in [-0.2, 0) is 21.4 Å². The van der Waals surface area contributed by atoms with E-state index in [1.165, 1.54) is 34.4 Å². The summed E-state index contributed by atoms with van der Waals surface area (Å²) in [5.41, 5.74) is 3.10. The van der Waals surface area contributed by atoms with Gasteiger partial charge < -0.3 is 14.6 Å². The van der Waals surface area contributed by atoms with Crippen LogP contribution in [0.25, 0.3) is 21.5 Å². The zero-order chi connectivity index (χ0) is 24.8. The van der Waals surface area contributed by atoms with E-state index in [0.29, 0.717) is 22.1 Å². The highest BCUT2D eigenvalue weighted by Gasteiger charge is 2.12. The molecular formula is C24H22N4O4S3. The van der Waals surface area contributed by atoms with Crippen molar-refractivity contribution in [1.82, 2.24) is 9.55 Å². The zero-order valence-corrected chi connectivity index (χ0v) is 21.5. The highest BCUT2D eigenvalue weighted by atomic mass is 32.2. The number of ether oxygens (including phenoxy) is 1. The minimum atomic E-state index is -0.385. The van der Waals surface area contributed by atoms with Crippen LogP contribution in [0, 0.1) is 0 Å². The molecule has 0 fully saturated rings. The van der Waals surface area contributed by atoms with Gasteiger partial charge in [0.25, 0.3) is 5.91 Å². The maximum atomic E-state index is 12.4. The second-order valence-electron chi connectivity index (χ2n) is 7.30. The van der Waals surface area contributed by atoms with E-state index in [-0.39, 0.29) is 29.3 Å². The number of rotatable bonds is 8. The molecule has 0 atom stereocenters. The molecule has 2 heterocycles. The summed E-state index contributed by atoms with van der Waals surface area (Å²) in [5, 5.41) is 5.18. The maximum Gasteiger partial charge on any atom is 0.338 e. The summed E-state index contributed by atoms with van der Waals surface area (Å²) in [6, 6.07) is 15.0. The molecule has 2 aromatic heterocycles. The SMILES string of the molecule is CCOC(=O)c1ccc2c(c1)sc(=NC(=O)CSCC(=O)Nc1nc(-c3ccccc3)cs1)n2C. The van der Waals surface area contributed by atoms with Gasteiger partial charge in [0.05, 0.1) is 39.6 Å². The van der Waals surface area contributed by atoms with Gasteiger partial charge in [-0.2, -0.15) is 4.99 Å². The summed E-state index contributed by atoms with van der Waals surface area (Å²) in [4.78, 5) is 45.8. The summed E-state index contributed by atoms with van der Waals surface area (Å²) >= 11 is 3.86. The van der Waals surface area contributed by atoms with Crippen molar-refractivity contribution in [2.24, 2.45) is 12.0 Å². The third kappa shape index (κ3) is 6.24. The molecule has 0 aliphatic heterocycles. The predicted octanol–water partition coefficient (Wildman–Crippen LogP) is 4.34. The first-order valence-electron chi connectivity index (χ1n) is 10.7. The molecule has 4 aromatic rings. The van der Waals surface area contributed by atoms with Crippen LogP contribution in [-0.4, -0.2) is 45.4 Å².